The minimum atomic E-state index is -0.0537. The molecule has 0 spiro atoms. The van der Waals surface area contributed by atoms with Gasteiger partial charge in [-0.2, -0.15) is 0 Å². The number of anilines is 1. The molecule has 1 saturated heterocycles. The van der Waals surface area contributed by atoms with Crippen molar-refractivity contribution in [2.45, 2.75) is 32.2 Å². The maximum atomic E-state index is 12.8. The summed E-state index contributed by atoms with van der Waals surface area (Å²) >= 11 is 0. The Kier molecular flexibility index (Phi) is 2.88. The van der Waals surface area contributed by atoms with Crippen LogP contribution in [0.1, 0.15) is 37.0 Å². The third kappa shape index (κ3) is 2.05. The highest BCUT2D eigenvalue weighted by Gasteiger charge is 2.37. The third-order valence-corrected chi connectivity index (χ3v) is 4.06. The Balaban J connectivity index is 1.96. The van der Waals surface area contributed by atoms with E-state index >= 15 is 0 Å². The molecule has 3 rings (SSSR count). The molecule has 102 valence electrons. The lowest BCUT2D eigenvalue weighted by Gasteiger charge is -2.32. The summed E-state index contributed by atoms with van der Waals surface area (Å²) in [5.41, 5.74) is 1.55. The monoisotopic (exact) mass is 260 g/mol. The van der Waals surface area contributed by atoms with E-state index in [1.807, 2.05) is 23.1 Å². The Morgan fingerprint density at radius 1 is 1.42 bits per heavy atom. The van der Waals surface area contributed by atoms with E-state index in [4.69, 9.17) is 4.74 Å². The van der Waals surface area contributed by atoms with Crippen LogP contribution in [0.15, 0.2) is 18.2 Å². The molecule has 0 atom stereocenters. The molecule has 1 fully saturated rings. The van der Waals surface area contributed by atoms with Gasteiger partial charge < -0.3 is 15.0 Å². The first kappa shape index (κ1) is 12.3. The van der Waals surface area contributed by atoms with Crippen molar-refractivity contribution in [1.82, 2.24) is 4.90 Å². The summed E-state index contributed by atoms with van der Waals surface area (Å²) in [6.07, 6.45) is 2.14. The van der Waals surface area contributed by atoms with Gasteiger partial charge in [0.2, 0.25) is 0 Å². The van der Waals surface area contributed by atoms with Crippen LogP contribution in [0.4, 0.5) is 5.69 Å². The summed E-state index contributed by atoms with van der Waals surface area (Å²) in [6, 6.07) is 5.74. The Morgan fingerprint density at radius 3 is 3.00 bits per heavy atom. The fourth-order valence-electron chi connectivity index (χ4n) is 2.97. The van der Waals surface area contributed by atoms with Crippen molar-refractivity contribution in [2.75, 3.05) is 25.0 Å². The summed E-state index contributed by atoms with van der Waals surface area (Å²) in [7, 11) is 0. The van der Waals surface area contributed by atoms with E-state index in [0.29, 0.717) is 17.9 Å². The van der Waals surface area contributed by atoms with Crippen LogP contribution in [-0.4, -0.2) is 36.0 Å². The van der Waals surface area contributed by atoms with Gasteiger partial charge in [0, 0.05) is 18.6 Å². The van der Waals surface area contributed by atoms with Gasteiger partial charge >= 0.3 is 0 Å². The fourth-order valence-corrected chi connectivity index (χ4v) is 2.97. The second-order valence-electron chi connectivity index (χ2n) is 5.83. The topological polar surface area (TPSA) is 41.6 Å². The Labute approximate surface area is 113 Å². The van der Waals surface area contributed by atoms with Crippen LogP contribution >= 0.6 is 0 Å². The number of hydrogen-bond donors (Lipinski definition) is 1. The fraction of sp³-hybridized carbons (Fsp3) is 0.533. The van der Waals surface area contributed by atoms with Gasteiger partial charge in [0.15, 0.2) is 5.75 Å². The number of nitrogens with one attached hydrogen (secondary N) is 1. The summed E-state index contributed by atoms with van der Waals surface area (Å²) in [5, 5.41) is 3.27. The van der Waals surface area contributed by atoms with Crippen LogP contribution in [0, 0.1) is 0 Å². The first-order valence-corrected chi connectivity index (χ1v) is 6.91. The number of para-hydroxylation sites is 1. The lowest BCUT2D eigenvalue weighted by Crippen LogP contribution is -2.43. The predicted octanol–water partition coefficient (Wildman–Crippen LogP) is 2.51. The summed E-state index contributed by atoms with van der Waals surface area (Å²) in [4.78, 5) is 14.7. The van der Waals surface area contributed by atoms with E-state index in [1.54, 1.807) is 0 Å². The summed E-state index contributed by atoms with van der Waals surface area (Å²) in [6.45, 7) is 6.50. The second-order valence-corrected chi connectivity index (χ2v) is 5.83. The minimum absolute atomic E-state index is 0.0537. The quantitative estimate of drug-likeness (QED) is 0.843. The van der Waals surface area contributed by atoms with Gasteiger partial charge in [0.05, 0.1) is 11.3 Å². The molecule has 0 radical (unpaired) electrons. The highest BCUT2D eigenvalue weighted by molar-refractivity contribution is 5.99. The third-order valence-electron chi connectivity index (χ3n) is 4.06. The number of ether oxygens (including phenoxy) is 1. The average Bonchev–Trinajstić information content (AvgIpc) is 2.77. The number of carbonyl (C=O) groups is 1. The molecular weight excluding hydrogens is 240 g/mol. The zero-order chi connectivity index (χ0) is 13.5. The molecule has 0 aromatic heterocycles. The van der Waals surface area contributed by atoms with Crippen LogP contribution in [0.25, 0.3) is 0 Å². The molecule has 0 unspecified atom stereocenters. The molecule has 2 aliphatic rings. The SMILES string of the molecule is CC1(C)CCCN1C(=O)c1cccc2c1OCCN2. The van der Waals surface area contributed by atoms with E-state index in [9.17, 15) is 4.79 Å². The number of hydrogen-bond acceptors (Lipinski definition) is 3. The number of nitrogens with zero attached hydrogens (tertiary/aromatic N) is 1. The summed E-state index contributed by atoms with van der Waals surface area (Å²) in [5.74, 6) is 0.796. The molecule has 1 amide bonds. The normalized spacial score (nSPS) is 20.4. The first-order valence-electron chi connectivity index (χ1n) is 6.91. The molecule has 0 bridgehead atoms. The lowest BCUT2D eigenvalue weighted by atomic mass is 10.0. The first-order chi connectivity index (χ1) is 9.09. The van der Waals surface area contributed by atoms with Crippen LogP contribution in [0.3, 0.4) is 0 Å². The van der Waals surface area contributed by atoms with Crippen molar-refractivity contribution in [2.24, 2.45) is 0 Å². The second kappa shape index (κ2) is 4.44. The number of carbonyl (C=O) groups excluding carboxylic acids is 1. The van der Waals surface area contributed by atoms with Crippen LogP contribution < -0.4 is 10.1 Å². The largest absolute Gasteiger partial charge is 0.489 e. The lowest BCUT2D eigenvalue weighted by molar-refractivity contribution is 0.0647. The van der Waals surface area contributed by atoms with Crippen molar-refractivity contribution in [1.29, 1.82) is 0 Å². The Bertz CT molecular complexity index is 511. The Morgan fingerprint density at radius 2 is 2.26 bits per heavy atom. The van der Waals surface area contributed by atoms with Crippen molar-refractivity contribution < 1.29 is 9.53 Å². The zero-order valence-electron chi connectivity index (χ0n) is 11.5. The van der Waals surface area contributed by atoms with E-state index < -0.39 is 0 Å². The number of fused-ring (bicyclic) bond motifs is 1. The van der Waals surface area contributed by atoms with Gasteiger partial charge in [-0.05, 0) is 38.8 Å². The summed E-state index contributed by atoms with van der Waals surface area (Å²) < 4.78 is 5.69. The average molecular weight is 260 g/mol. The van der Waals surface area contributed by atoms with Gasteiger partial charge in [-0.15, -0.1) is 0 Å². The Hall–Kier alpha value is -1.71. The van der Waals surface area contributed by atoms with Crippen LogP contribution in [0.5, 0.6) is 5.75 Å². The van der Waals surface area contributed by atoms with Gasteiger partial charge in [-0.25, -0.2) is 0 Å². The molecule has 1 aromatic rings. The molecule has 19 heavy (non-hydrogen) atoms. The highest BCUT2D eigenvalue weighted by atomic mass is 16.5. The minimum Gasteiger partial charge on any atom is -0.489 e. The maximum Gasteiger partial charge on any atom is 0.258 e. The maximum absolute atomic E-state index is 12.8. The molecule has 1 N–H and O–H groups in total. The molecule has 0 saturated carbocycles. The zero-order valence-corrected chi connectivity index (χ0v) is 11.5. The molecule has 2 aliphatic heterocycles. The standard InChI is InChI=1S/C15H20N2O2/c1-15(2)7-4-9-17(15)14(18)11-5-3-6-12-13(11)19-10-8-16-12/h3,5-6,16H,4,7-10H2,1-2H3. The van der Waals surface area contributed by atoms with Crippen molar-refractivity contribution in [3.8, 4) is 5.75 Å². The van der Waals surface area contributed by atoms with Crippen molar-refractivity contribution >= 4 is 11.6 Å². The van der Waals surface area contributed by atoms with Crippen molar-refractivity contribution in [3.63, 3.8) is 0 Å². The van der Waals surface area contributed by atoms with Gasteiger partial charge in [-0.1, -0.05) is 6.07 Å². The molecular formula is C15H20N2O2. The molecule has 4 nitrogen and oxygen atoms in total. The number of amides is 1. The van der Waals surface area contributed by atoms with Crippen LogP contribution in [-0.2, 0) is 0 Å². The predicted molar refractivity (Wildman–Crippen MR) is 74.8 cm³/mol. The number of likely N-dealkylation sites (tertiary alicyclic amines) is 1. The van der Waals surface area contributed by atoms with Crippen LogP contribution in [0.2, 0.25) is 0 Å². The molecule has 4 heteroatoms. The van der Waals surface area contributed by atoms with Gasteiger partial charge in [0.1, 0.15) is 6.61 Å². The van der Waals surface area contributed by atoms with Crippen molar-refractivity contribution in [3.05, 3.63) is 23.8 Å². The van der Waals surface area contributed by atoms with E-state index in [-0.39, 0.29) is 11.4 Å². The van der Waals surface area contributed by atoms with Gasteiger partial charge in [0.25, 0.3) is 5.91 Å². The highest BCUT2D eigenvalue weighted by Crippen LogP contribution is 2.35. The molecule has 1 aromatic carbocycles. The smallest absolute Gasteiger partial charge is 0.258 e. The van der Waals surface area contributed by atoms with E-state index in [0.717, 1.165) is 31.6 Å². The number of benzene rings is 1. The van der Waals surface area contributed by atoms with E-state index in [2.05, 4.69) is 19.2 Å². The number of rotatable bonds is 1. The molecule has 0 aliphatic carbocycles. The molecule has 2 heterocycles. The van der Waals surface area contributed by atoms with Gasteiger partial charge in [-0.3, -0.25) is 4.79 Å². The van der Waals surface area contributed by atoms with E-state index in [1.165, 1.54) is 0 Å².